The van der Waals surface area contributed by atoms with Crippen LogP contribution in [-0.4, -0.2) is 25.7 Å². The van der Waals surface area contributed by atoms with Crippen LogP contribution in [0.25, 0.3) is 5.82 Å². The zero-order chi connectivity index (χ0) is 10.8. The number of carbonyl (C=O) groups excluding carboxylic acids is 1. The lowest BCUT2D eigenvalue weighted by atomic mass is 10.4. The number of anilines is 1. The number of primary amides is 1. The zero-order valence-electron chi connectivity index (χ0n) is 7.66. The van der Waals surface area contributed by atoms with E-state index < -0.39 is 5.91 Å². The van der Waals surface area contributed by atoms with Gasteiger partial charge < -0.3 is 11.5 Å². The first-order valence-corrected chi connectivity index (χ1v) is 4.11. The number of rotatable bonds is 2. The lowest BCUT2D eigenvalue weighted by molar-refractivity contribution is 0.0995. The molecule has 0 aliphatic carbocycles. The van der Waals surface area contributed by atoms with Gasteiger partial charge in [-0.05, 0) is 6.07 Å². The Morgan fingerprint density at radius 1 is 1.33 bits per heavy atom. The molecule has 2 aromatic rings. The Morgan fingerprint density at radius 3 is 2.67 bits per heavy atom. The van der Waals surface area contributed by atoms with Gasteiger partial charge in [-0.25, -0.2) is 14.6 Å². The minimum atomic E-state index is -0.601. The summed E-state index contributed by atoms with van der Waals surface area (Å²) < 4.78 is 1.35. The quantitative estimate of drug-likeness (QED) is 0.674. The Kier molecular flexibility index (Phi) is 2.05. The molecule has 4 N–H and O–H groups in total. The standard InChI is InChI=1S/C8H8N6O/c9-6-8(12-3-2-11-6)14-4-1-5(13-14)7(10)15/h1-4H,(H2,9,11)(H2,10,15). The smallest absolute Gasteiger partial charge is 0.269 e. The van der Waals surface area contributed by atoms with Crippen molar-refractivity contribution in [1.29, 1.82) is 0 Å². The summed E-state index contributed by atoms with van der Waals surface area (Å²) >= 11 is 0. The molecule has 2 aromatic heterocycles. The minimum Gasteiger partial charge on any atom is -0.381 e. The van der Waals surface area contributed by atoms with Crippen molar-refractivity contribution in [3.05, 3.63) is 30.4 Å². The van der Waals surface area contributed by atoms with Crippen molar-refractivity contribution in [2.24, 2.45) is 5.73 Å². The van der Waals surface area contributed by atoms with Gasteiger partial charge in [0.05, 0.1) is 0 Å². The van der Waals surface area contributed by atoms with Gasteiger partial charge in [-0.3, -0.25) is 4.79 Å². The van der Waals surface area contributed by atoms with Crippen LogP contribution < -0.4 is 11.5 Å². The fourth-order valence-electron chi connectivity index (χ4n) is 1.09. The number of nitrogens with zero attached hydrogens (tertiary/aromatic N) is 4. The van der Waals surface area contributed by atoms with Gasteiger partial charge in [0.2, 0.25) is 0 Å². The Hall–Kier alpha value is -2.44. The van der Waals surface area contributed by atoms with Crippen LogP contribution in [0.4, 0.5) is 5.82 Å². The number of nitrogens with two attached hydrogens (primary N) is 2. The zero-order valence-corrected chi connectivity index (χ0v) is 7.66. The highest BCUT2D eigenvalue weighted by molar-refractivity contribution is 5.90. The molecule has 2 heterocycles. The summed E-state index contributed by atoms with van der Waals surface area (Å²) in [6, 6.07) is 1.48. The van der Waals surface area contributed by atoms with Crippen LogP contribution >= 0.6 is 0 Å². The average molecular weight is 204 g/mol. The van der Waals surface area contributed by atoms with Gasteiger partial charge in [0, 0.05) is 18.6 Å². The summed E-state index contributed by atoms with van der Waals surface area (Å²) in [5.74, 6) is -0.00201. The van der Waals surface area contributed by atoms with E-state index in [2.05, 4.69) is 15.1 Å². The molecule has 0 saturated heterocycles. The van der Waals surface area contributed by atoms with Gasteiger partial charge in [0.1, 0.15) is 5.69 Å². The molecule has 2 rings (SSSR count). The first kappa shape index (κ1) is 9.13. The van der Waals surface area contributed by atoms with E-state index in [1.54, 1.807) is 6.20 Å². The summed E-state index contributed by atoms with van der Waals surface area (Å²) in [4.78, 5) is 18.6. The topological polar surface area (TPSA) is 113 Å². The lowest BCUT2D eigenvalue weighted by Gasteiger charge is -2.01. The third-order valence-electron chi connectivity index (χ3n) is 1.76. The van der Waals surface area contributed by atoms with Gasteiger partial charge in [-0.2, -0.15) is 5.10 Å². The van der Waals surface area contributed by atoms with E-state index in [-0.39, 0.29) is 11.5 Å². The summed E-state index contributed by atoms with van der Waals surface area (Å²) in [7, 11) is 0. The van der Waals surface area contributed by atoms with E-state index in [4.69, 9.17) is 11.5 Å². The summed E-state index contributed by atoms with van der Waals surface area (Å²) in [5, 5.41) is 3.90. The molecule has 0 radical (unpaired) electrons. The molecular formula is C8H8N6O. The largest absolute Gasteiger partial charge is 0.381 e. The molecule has 0 atom stereocenters. The highest BCUT2D eigenvalue weighted by Crippen LogP contribution is 2.09. The molecule has 15 heavy (non-hydrogen) atoms. The number of amides is 1. The molecule has 7 nitrogen and oxygen atoms in total. The Balaban J connectivity index is 2.46. The summed E-state index contributed by atoms with van der Waals surface area (Å²) in [5.41, 5.74) is 10.8. The monoisotopic (exact) mass is 204 g/mol. The number of aromatic nitrogens is 4. The third kappa shape index (κ3) is 1.62. The van der Waals surface area contributed by atoms with E-state index in [1.165, 1.54) is 23.1 Å². The van der Waals surface area contributed by atoms with Crippen molar-refractivity contribution in [2.45, 2.75) is 0 Å². The lowest BCUT2D eigenvalue weighted by Crippen LogP contribution is -2.13. The van der Waals surface area contributed by atoms with Crippen LogP contribution in [0.15, 0.2) is 24.7 Å². The second-order valence-electron chi connectivity index (χ2n) is 2.77. The molecule has 0 aliphatic rings. The predicted molar refractivity (Wildman–Crippen MR) is 52.1 cm³/mol. The molecule has 76 valence electrons. The number of nitrogen functional groups attached to an aromatic ring is 1. The second-order valence-corrected chi connectivity index (χ2v) is 2.77. The third-order valence-corrected chi connectivity index (χ3v) is 1.76. The van der Waals surface area contributed by atoms with Crippen molar-refractivity contribution in [3.63, 3.8) is 0 Å². The molecule has 0 bridgehead atoms. The van der Waals surface area contributed by atoms with Crippen molar-refractivity contribution in [3.8, 4) is 5.82 Å². The van der Waals surface area contributed by atoms with Crippen LogP contribution in [0.5, 0.6) is 0 Å². The molecule has 0 saturated carbocycles. The van der Waals surface area contributed by atoms with Gasteiger partial charge >= 0.3 is 0 Å². The first-order valence-electron chi connectivity index (χ1n) is 4.11. The van der Waals surface area contributed by atoms with Crippen LogP contribution in [-0.2, 0) is 0 Å². The molecular weight excluding hydrogens is 196 g/mol. The molecule has 0 aromatic carbocycles. The highest BCUT2D eigenvalue weighted by Gasteiger charge is 2.08. The van der Waals surface area contributed by atoms with Crippen LogP contribution in [0.3, 0.4) is 0 Å². The van der Waals surface area contributed by atoms with Crippen molar-refractivity contribution in [2.75, 3.05) is 5.73 Å². The van der Waals surface area contributed by atoms with Crippen molar-refractivity contribution in [1.82, 2.24) is 19.7 Å². The highest BCUT2D eigenvalue weighted by atomic mass is 16.1. The second kappa shape index (κ2) is 3.37. The first-order chi connectivity index (χ1) is 7.18. The van der Waals surface area contributed by atoms with Gasteiger partial charge in [0.15, 0.2) is 11.6 Å². The van der Waals surface area contributed by atoms with Crippen molar-refractivity contribution >= 4 is 11.7 Å². The van der Waals surface area contributed by atoms with E-state index in [1.807, 2.05) is 0 Å². The number of hydrogen-bond acceptors (Lipinski definition) is 5. The van der Waals surface area contributed by atoms with E-state index >= 15 is 0 Å². The Labute approximate surface area is 84.7 Å². The minimum absolute atomic E-state index is 0.153. The maximum absolute atomic E-state index is 10.8. The van der Waals surface area contributed by atoms with E-state index in [0.29, 0.717) is 5.82 Å². The van der Waals surface area contributed by atoms with Crippen LogP contribution in [0, 0.1) is 0 Å². The van der Waals surface area contributed by atoms with Crippen LogP contribution in [0.2, 0.25) is 0 Å². The Bertz CT molecular complexity index is 505. The molecule has 7 heteroatoms. The van der Waals surface area contributed by atoms with Crippen LogP contribution in [0.1, 0.15) is 10.5 Å². The van der Waals surface area contributed by atoms with E-state index in [9.17, 15) is 4.79 Å². The molecule has 1 amide bonds. The summed E-state index contributed by atoms with van der Waals surface area (Å²) in [6.45, 7) is 0. The fraction of sp³-hybridized carbons (Fsp3) is 0. The summed E-state index contributed by atoms with van der Waals surface area (Å²) in [6.07, 6.45) is 4.50. The van der Waals surface area contributed by atoms with Crippen molar-refractivity contribution < 1.29 is 4.79 Å². The number of hydrogen-bond donors (Lipinski definition) is 2. The Morgan fingerprint density at radius 2 is 2.07 bits per heavy atom. The maximum atomic E-state index is 10.8. The molecule has 0 fully saturated rings. The fourth-order valence-corrected chi connectivity index (χ4v) is 1.09. The maximum Gasteiger partial charge on any atom is 0.269 e. The average Bonchev–Trinajstić information content (AvgIpc) is 2.67. The molecule has 0 unspecified atom stereocenters. The predicted octanol–water partition coefficient (Wildman–Crippen LogP) is -0.657. The normalized spacial score (nSPS) is 10.1. The number of carbonyl (C=O) groups is 1. The van der Waals surface area contributed by atoms with E-state index in [0.717, 1.165) is 0 Å². The molecule has 0 aliphatic heterocycles. The molecule has 0 spiro atoms. The van der Waals surface area contributed by atoms with Gasteiger partial charge in [-0.15, -0.1) is 0 Å². The van der Waals surface area contributed by atoms with Gasteiger partial charge in [0.25, 0.3) is 5.91 Å². The van der Waals surface area contributed by atoms with Gasteiger partial charge in [-0.1, -0.05) is 0 Å². The SMILES string of the molecule is NC(=O)c1ccn(-c2nccnc2N)n1.